The molecule has 5 rings (SSSR count). The number of aromatic nitrogens is 2. The molecule has 0 saturated heterocycles. The molecule has 1 N–H and O–H groups in total. The first kappa shape index (κ1) is 17.9. The zero-order chi connectivity index (χ0) is 20.1. The van der Waals surface area contributed by atoms with Crippen molar-refractivity contribution in [2.24, 2.45) is 0 Å². The lowest BCUT2D eigenvalue weighted by Crippen LogP contribution is -2.24. The van der Waals surface area contributed by atoms with E-state index < -0.39 is 5.97 Å². The van der Waals surface area contributed by atoms with Crippen LogP contribution in [0.25, 0.3) is 10.7 Å². The SMILES string of the molecule is O=C(O)Cc1ccc2c(c1)CC(=O)N2c1nc(-c2ccc(F)s2)nc2c1CCC2. The lowest BCUT2D eigenvalue weighted by Gasteiger charge is -2.20. The molecule has 0 atom stereocenters. The summed E-state index contributed by atoms with van der Waals surface area (Å²) in [6, 6.07) is 8.33. The van der Waals surface area contributed by atoms with Crippen molar-refractivity contribution in [1.82, 2.24) is 9.97 Å². The molecule has 0 unspecified atom stereocenters. The number of halogens is 1. The summed E-state index contributed by atoms with van der Waals surface area (Å²) in [7, 11) is 0. The van der Waals surface area contributed by atoms with Crippen LogP contribution in [0.15, 0.2) is 30.3 Å². The summed E-state index contributed by atoms with van der Waals surface area (Å²) in [6.45, 7) is 0. The Morgan fingerprint density at radius 1 is 1.21 bits per heavy atom. The number of carboxylic acids is 1. The second-order valence-electron chi connectivity index (χ2n) is 7.19. The number of hydrogen-bond donors (Lipinski definition) is 1. The lowest BCUT2D eigenvalue weighted by atomic mass is 10.1. The molecule has 1 amide bonds. The molecule has 2 aromatic heterocycles. The van der Waals surface area contributed by atoms with E-state index in [2.05, 4.69) is 9.97 Å². The fourth-order valence-corrected chi connectivity index (χ4v) is 4.70. The van der Waals surface area contributed by atoms with Crippen LogP contribution >= 0.6 is 11.3 Å². The summed E-state index contributed by atoms with van der Waals surface area (Å²) in [5.41, 5.74) is 4.04. The van der Waals surface area contributed by atoms with Gasteiger partial charge >= 0.3 is 5.97 Å². The van der Waals surface area contributed by atoms with E-state index in [0.717, 1.165) is 53.1 Å². The molecule has 3 aromatic rings. The molecule has 0 fully saturated rings. The number of hydrogen-bond acceptors (Lipinski definition) is 5. The molecule has 1 aliphatic heterocycles. The van der Waals surface area contributed by atoms with Crippen LogP contribution in [0.1, 0.15) is 28.8 Å². The minimum absolute atomic E-state index is 0.0849. The van der Waals surface area contributed by atoms with E-state index in [1.807, 2.05) is 0 Å². The molecular formula is C21H16FN3O3S. The number of thiophene rings is 1. The highest BCUT2D eigenvalue weighted by molar-refractivity contribution is 7.13. The second-order valence-corrected chi connectivity index (χ2v) is 8.23. The van der Waals surface area contributed by atoms with Crippen molar-refractivity contribution in [3.05, 3.63) is 57.8 Å². The summed E-state index contributed by atoms with van der Waals surface area (Å²) in [5, 5.41) is 8.72. The van der Waals surface area contributed by atoms with Gasteiger partial charge in [-0.3, -0.25) is 14.5 Å². The number of aryl methyl sites for hydroxylation is 1. The summed E-state index contributed by atoms with van der Waals surface area (Å²) >= 11 is 0.981. The maximum absolute atomic E-state index is 13.5. The Balaban J connectivity index is 1.62. The quantitative estimate of drug-likeness (QED) is 0.711. The minimum Gasteiger partial charge on any atom is -0.481 e. The van der Waals surface area contributed by atoms with E-state index in [0.29, 0.717) is 22.1 Å². The molecule has 2 aliphatic rings. The number of carboxylic acid groups (broad SMARTS) is 1. The van der Waals surface area contributed by atoms with E-state index in [-0.39, 0.29) is 23.9 Å². The van der Waals surface area contributed by atoms with Gasteiger partial charge in [0.25, 0.3) is 0 Å². The van der Waals surface area contributed by atoms with Crippen LogP contribution in [0, 0.1) is 5.13 Å². The van der Waals surface area contributed by atoms with Crippen LogP contribution in [0.3, 0.4) is 0 Å². The zero-order valence-electron chi connectivity index (χ0n) is 15.3. The van der Waals surface area contributed by atoms with Gasteiger partial charge in [0.2, 0.25) is 5.91 Å². The number of fused-ring (bicyclic) bond motifs is 2. The van der Waals surface area contributed by atoms with Gasteiger partial charge in [0.1, 0.15) is 5.82 Å². The van der Waals surface area contributed by atoms with Crippen LogP contribution in [0.5, 0.6) is 0 Å². The molecule has 3 heterocycles. The Kier molecular flexibility index (Phi) is 4.16. The average molecular weight is 409 g/mol. The van der Waals surface area contributed by atoms with Crippen molar-refractivity contribution in [1.29, 1.82) is 0 Å². The number of benzene rings is 1. The number of aliphatic carboxylic acids is 1. The van der Waals surface area contributed by atoms with E-state index in [9.17, 15) is 14.0 Å². The van der Waals surface area contributed by atoms with Crippen molar-refractivity contribution in [3.8, 4) is 10.7 Å². The van der Waals surface area contributed by atoms with Gasteiger partial charge < -0.3 is 5.11 Å². The van der Waals surface area contributed by atoms with Gasteiger partial charge in [-0.25, -0.2) is 9.97 Å². The third-order valence-electron chi connectivity index (χ3n) is 5.25. The monoisotopic (exact) mass is 409 g/mol. The van der Waals surface area contributed by atoms with E-state index in [1.165, 1.54) is 6.07 Å². The Labute approximate surface area is 169 Å². The third kappa shape index (κ3) is 3.09. The molecule has 6 nitrogen and oxygen atoms in total. The number of rotatable bonds is 4. The van der Waals surface area contributed by atoms with Crippen LogP contribution in [-0.2, 0) is 35.3 Å². The summed E-state index contributed by atoms with van der Waals surface area (Å²) in [5.74, 6) is -0.0273. The highest BCUT2D eigenvalue weighted by Crippen LogP contribution is 2.40. The fourth-order valence-electron chi connectivity index (χ4n) is 4.03. The van der Waals surface area contributed by atoms with Gasteiger partial charge in [0, 0.05) is 11.3 Å². The van der Waals surface area contributed by atoms with Crippen LogP contribution in [0.2, 0.25) is 0 Å². The largest absolute Gasteiger partial charge is 0.481 e. The topological polar surface area (TPSA) is 83.4 Å². The Bertz CT molecular complexity index is 1170. The molecule has 146 valence electrons. The van der Waals surface area contributed by atoms with Gasteiger partial charge in [-0.05, 0) is 48.6 Å². The molecule has 29 heavy (non-hydrogen) atoms. The fraction of sp³-hybridized carbons (Fsp3) is 0.238. The normalized spacial score (nSPS) is 14.9. The molecule has 0 saturated carbocycles. The molecule has 0 spiro atoms. The number of nitrogens with zero attached hydrogens (tertiary/aromatic N) is 3. The van der Waals surface area contributed by atoms with Crippen molar-refractivity contribution in [2.45, 2.75) is 32.1 Å². The van der Waals surface area contributed by atoms with E-state index in [1.54, 1.807) is 29.2 Å². The van der Waals surface area contributed by atoms with Crippen LogP contribution in [0.4, 0.5) is 15.9 Å². The smallest absolute Gasteiger partial charge is 0.307 e. The highest BCUT2D eigenvalue weighted by Gasteiger charge is 2.34. The van der Waals surface area contributed by atoms with E-state index in [4.69, 9.17) is 5.11 Å². The Morgan fingerprint density at radius 2 is 2.07 bits per heavy atom. The van der Waals surface area contributed by atoms with Crippen molar-refractivity contribution >= 4 is 34.7 Å². The maximum Gasteiger partial charge on any atom is 0.307 e. The predicted octanol–water partition coefficient (Wildman–Crippen LogP) is 3.68. The lowest BCUT2D eigenvalue weighted by molar-refractivity contribution is -0.136. The number of amides is 1. The van der Waals surface area contributed by atoms with Gasteiger partial charge in [-0.1, -0.05) is 12.1 Å². The Morgan fingerprint density at radius 3 is 2.83 bits per heavy atom. The summed E-state index contributed by atoms with van der Waals surface area (Å²) < 4.78 is 13.5. The molecule has 1 aliphatic carbocycles. The van der Waals surface area contributed by atoms with Crippen molar-refractivity contribution < 1.29 is 19.1 Å². The van der Waals surface area contributed by atoms with Crippen molar-refractivity contribution in [2.75, 3.05) is 4.90 Å². The molecule has 1 aromatic carbocycles. The molecule has 0 bridgehead atoms. The highest BCUT2D eigenvalue weighted by atomic mass is 32.1. The average Bonchev–Trinajstić information content (AvgIpc) is 3.37. The van der Waals surface area contributed by atoms with Gasteiger partial charge in [-0.15, -0.1) is 11.3 Å². The number of anilines is 2. The first-order chi connectivity index (χ1) is 14.0. The first-order valence-electron chi connectivity index (χ1n) is 9.31. The number of carbonyl (C=O) groups excluding carboxylic acids is 1. The van der Waals surface area contributed by atoms with Crippen molar-refractivity contribution in [3.63, 3.8) is 0 Å². The maximum atomic E-state index is 13.5. The van der Waals surface area contributed by atoms with Gasteiger partial charge in [0.05, 0.1) is 23.4 Å². The first-order valence-corrected chi connectivity index (χ1v) is 10.1. The predicted molar refractivity (Wildman–Crippen MR) is 106 cm³/mol. The Hall–Kier alpha value is -3.13. The van der Waals surface area contributed by atoms with Gasteiger partial charge in [-0.2, -0.15) is 4.39 Å². The zero-order valence-corrected chi connectivity index (χ0v) is 16.1. The number of carbonyl (C=O) groups is 2. The summed E-state index contributed by atoms with van der Waals surface area (Å²) in [4.78, 5) is 35.4. The molecular weight excluding hydrogens is 393 g/mol. The van der Waals surface area contributed by atoms with Gasteiger partial charge in [0.15, 0.2) is 11.0 Å². The standard InChI is InChI=1S/C21H16FN3O3S/c22-17-7-6-16(29-17)20-23-14-3-1-2-13(14)21(24-20)25-15-5-4-11(9-19(27)28)8-12(15)10-18(25)26/h4-8H,1-3,9-10H2,(H,27,28). The third-order valence-corrected chi connectivity index (χ3v) is 6.12. The van der Waals surface area contributed by atoms with Crippen LogP contribution in [-0.4, -0.2) is 27.0 Å². The molecule has 0 radical (unpaired) electrons. The summed E-state index contributed by atoms with van der Waals surface area (Å²) in [6.07, 6.45) is 2.65. The molecule has 8 heteroatoms. The second kappa shape index (κ2) is 6.73. The van der Waals surface area contributed by atoms with E-state index >= 15 is 0 Å². The minimum atomic E-state index is -0.910. The van der Waals surface area contributed by atoms with Crippen LogP contribution < -0.4 is 4.90 Å².